The largest absolute Gasteiger partial charge is 0.497 e. The first-order chi connectivity index (χ1) is 17.6. The molecule has 0 saturated heterocycles. The molecule has 0 atom stereocenters. The fourth-order valence-corrected chi connectivity index (χ4v) is 4.60. The topological polar surface area (TPSA) is 95.3 Å². The fourth-order valence-electron chi connectivity index (χ4n) is 3.89. The van der Waals surface area contributed by atoms with Crippen LogP contribution in [0, 0.1) is 0 Å². The summed E-state index contributed by atoms with van der Waals surface area (Å²) in [6, 6.07) is 21.9. The monoisotopic (exact) mass is 498 g/mol. The Morgan fingerprint density at radius 1 is 0.972 bits per heavy atom. The van der Waals surface area contributed by atoms with E-state index in [2.05, 4.69) is 15.4 Å². The summed E-state index contributed by atoms with van der Waals surface area (Å²) in [7, 11) is 3.17. The number of methoxy groups -OCH3 is 2. The van der Waals surface area contributed by atoms with Crippen LogP contribution in [-0.4, -0.2) is 34.9 Å². The number of fused-ring (bicyclic) bond motifs is 1. The van der Waals surface area contributed by atoms with E-state index >= 15 is 0 Å². The normalized spacial score (nSPS) is 10.8. The standard InChI is InChI=1S/C27H22N4O4S/c1-34-18-12-13-23(35-2)21(14-18)22-16-36-27(28-22)29-25(32)24-19-10-6-7-11-20(19)26(33)31(30-24)15-17-8-4-3-5-9-17/h3-14,16H,15H2,1-2H3,(H,28,29,32). The third-order valence-corrected chi connectivity index (χ3v) is 6.42. The number of hydrogen-bond acceptors (Lipinski definition) is 7. The van der Waals surface area contributed by atoms with Crippen LogP contribution in [0.25, 0.3) is 22.0 Å². The summed E-state index contributed by atoms with van der Waals surface area (Å²) in [6.07, 6.45) is 0. The molecule has 0 aliphatic rings. The van der Waals surface area contributed by atoms with E-state index in [0.717, 1.165) is 11.1 Å². The third kappa shape index (κ3) is 4.56. The predicted octanol–water partition coefficient (Wildman–Crippen LogP) is 4.84. The quantitative estimate of drug-likeness (QED) is 0.345. The Bertz CT molecular complexity index is 1610. The van der Waals surface area contributed by atoms with E-state index in [1.54, 1.807) is 50.6 Å². The van der Waals surface area contributed by atoms with E-state index in [1.165, 1.54) is 16.0 Å². The third-order valence-electron chi connectivity index (χ3n) is 5.67. The lowest BCUT2D eigenvalue weighted by molar-refractivity contribution is 0.102. The van der Waals surface area contributed by atoms with Gasteiger partial charge in [0.05, 0.1) is 31.8 Å². The van der Waals surface area contributed by atoms with Gasteiger partial charge in [-0.15, -0.1) is 11.3 Å². The van der Waals surface area contributed by atoms with Gasteiger partial charge in [0.1, 0.15) is 11.5 Å². The number of anilines is 1. The number of carbonyl (C=O) groups excluding carboxylic acids is 1. The number of nitrogens with one attached hydrogen (secondary N) is 1. The highest BCUT2D eigenvalue weighted by molar-refractivity contribution is 7.14. The van der Waals surface area contributed by atoms with E-state index in [-0.39, 0.29) is 17.8 Å². The van der Waals surface area contributed by atoms with Crippen molar-refractivity contribution in [3.63, 3.8) is 0 Å². The van der Waals surface area contributed by atoms with Gasteiger partial charge in [-0.1, -0.05) is 48.5 Å². The SMILES string of the molecule is COc1ccc(OC)c(-c2csc(NC(=O)c3nn(Cc4ccccc4)c(=O)c4ccccc34)n2)c1. The molecule has 2 heterocycles. The molecule has 0 saturated carbocycles. The maximum Gasteiger partial charge on any atom is 0.278 e. The van der Waals surface area contributed by atoms with Crippen molar-refractivity contribution in [3.8, 4) is 22.8 Å². The number of ether oxygens (including phenoxy) is 2. The van der Waals surface area contributed by atoms with Crippen LogP contribution in [0.2, 0.25) is 0 Å². The van der Waals surface area contributed by atoms with Crippen LogP contribution < -0.4 is 20.3 Å². The molecule has 2 aromatic heterocycles. The highest BCUT2D eigenvalue weighted by Crippen LogP contribution is 2.35. The Morgan fingerprint density at radius 2 is 1.72 bits per heavy atom. The molecular weight excluding hydrogens is 476 g/mol. The van der Waals surface area contributed by atoms with Crippen LogP contribution in [0.3, 0.4) is 0 Å². The van der Waals surface area contributed by atoms with Gasteiger partial charge in [0, 0.05) is 16.3 Å². The van der Waals surface area contributed by atoms with Crippen molar-refractivity contribution in [2.75, 3.05) is 19.5 Å². The van der Waals surface area contributed by atoms with Gasteiger partial charge in [-0.25, -0.2) is 9.67 Å². The van der Waals surface area contributed by atoms with E-state index < -0.39 is 5.91 Å². The molecule has 5 aromatic rings. The summed E-state index contributed by atoms with van der Waals surface area (Å²) >= 11 is 1.28. The molecular formula is C27H22N4O4S. The predicted molar refractivity (Wildman–Crippen MR) is 140 cm³/mol. The first-order valence-corrected chi connectivity index (χ1v) is 12.0. The molecule has 5 rings (SSSR count). The van der Waals surface area contributed by atoms with Gasteiger partial charge in [-0.2, -0.15) is 5.10 Å². The maximum atomic E-state index is 13.3. The molecule has 36 heavy (non-hydrogen) atoms. The number of benzene rings is 3. The molecule has 0 aliphatic heterocycles. The molecule has 0 radical (unpaired) electrons. The summed E-state index contributed by atoms with van der Waals surface area (Å²) in [5.74, 6) is 0.854. The van der Waals surface area contributed by atoms with Gasteiger partial charge >= 0.3 is 0 Å². The first-order valence-electron chi connectivity index (χ1n) is 11.1. The lowest BCUT2D eigenvalue weighted by atomic mass is 10.1. The zero-order valence-corrected chi connectivity index (χ0v) is 20.4. The smallest absolute Gasteiger partial charge is 0.278 e. The highest BCUT2D eigenvalue weighted by atomic mass is 32.1. The van der Waals surface area contributed by atoms with Crippen LogP contribution in [0.15, 0.2) is 83.0 Å². The molecule has 180 valence electrons. The summed E-state index contributed by atoms with van der Waals surface area (Å²) in [6.45, 7) is 0.252. The lowest BCUT2D eigenvalue weighted by Crippen LogP contribution is -2.28. The van der Waals surface area contributed by atoms with Crippen molar-refractivity contribution < 1.29 is 14.3 Å². The van der Waals surface area contributed by atoms with Crippen LogP contribution >= 0.6 is 11.3 Å². The summed E-state index contributed by atoms with van der Waals surface area (Å²) in [5.41, 5.74) is 2.18. The second-order valence-electron chi connectivity index (χ2n) is 7.90. The van der Waals surface area contributed by atoms with E-state index in [9.17, 15) is 9.59 Å². The zero-order chi connectivity index (χ0) is 25.1. The maximum absolute atomic E-state index is 13.3. The second kappa shape index (κ2) is 10.0. The number of aromatic nitrogens is 3. The molecule has 1 amide bonds. The van der Waals surface area contributed by atoms with Crippen LogP contribution in [0.4, 0.5) is 5.13 Å². The molecule has 0 unspecified atom stereocenters. The van der Waals surface area contributed by atoms with Crippen molar-refractivity contribution in [2.45, 2.75) is 6.54 Å². The van der Waals surface area contributed by atoms with Crippen molar-refractivity contribution in [3.05, 3.63) is 99.8 Å². The molecule has 0 bridgehead atoms. The highest BCUT2D eigenvalue weighted by Gasteiger charge is 2.19. The Hall–Kier alpha value is -4.50. The first kappa shape index (κ1) is 23.3. The van der Waals surface area contributed by atoms with Crippen molar-refractivity contribution >= 4 is 33.1 Å². The Kier molecular flexibility index (Phi) is 6.46. The van der Waals surface area contributed by atoms with Crippen LogP contribution in [0.1, 0.15) is 16.1 Å². The van der Waals surface area contributed by atoms with E-state index in [0.29, 0.717) is 33.1 Å². The van der Waals surface area contributed by atoms with Crippen LogP contribution in [0.5, 0.6) is 11.5 Å². The van der Waals surface area contributed by atoms with Gasteiger partial charge in [0.2, 0.25) is 0 Å². The van der Waals surface area contributed by atoms with Gasteiger partial charge in [0.25, 0.3) is 11.5 Å². The number of rotatable bonds is 7. The number of amides is 1. The van der Waals surface area contributed by atoms with Crippen LogP contribution in [-0.2, 0) is 6.54 Å². The number of thiazole rings is 1. The Labute approximate surface area is 210 Å². The van der Waals surface area contributed by atoms with E-state index in [4.69, 9.17) is 9.47 Å². The molecule has 0 aliphatic carbocycles. The molecule has 1 N–H and O–H groups in total. The second-order valence-corrected chi connectivity index (χ2v) is 8.76. The van der Waals surface area contributed by atoms with Crippen molar-refractivity contribution in [1.82, 2.24) is 14.8 Å². The number of hydrogen-bond donors (Lipinski definition) is 1. The zero-order valence-electron chi connectivity index (χ0n) is 19.6. The van der Waals surface area contributed by atoms with Crippen molar-refractivity contribution in [1.29, 1.82) is 0 Å². The number of nitrogens with zero attached hydrogens (tertiary/aromatic N) is 3. The molecule has 9 heteroatoms. The summed E-state index contributed by atoms with van der Waals surface area (Å²) < 4.78 is 12.1. The lowest BCUT2D eigenvalue weighted by Gasteiger charge is -2.11. The molecule has 8 nitrogen and oxygen atoms in total. The molecule has 0 fully saturated rings. The van der Waals surface area contributed by atoms with E-state index in [1.807, 2.05) is 41.8 Å². The fraction of sp³-hybridized carbons (Fsp3) is 0.111. The summed E-state index contributed by atoms with van der Waals surface area (Å²) in [4.78, 5) is 31.0. The van der Waals surface area contributed by atoms with Gasteiger partial charge in [-0.05, 0) is 29.8 Å². The minimum atomic E-state index is -0.452. The minimum Gasteiger partial charge on any atom is -0.497 e. The average molecular weight is 499 g/mol. The number of carbonyl (C=O) groups is 1. The summed E-state index contributed by atoms with van der Waals surface area (Å²) in [5, 5.41) is 10.4. The Balaban J connectivity index is 1.49. The van der Waals surface area contributed by atoms with Gasteiger partial charge < -0.3 is 9.47 Å². The van der Waals surface area contributed by atoms with Gasteiger partial charge in [0.15, 0.2) is 10.8 Å². The average Bonchev–Trinajstić information content (AvgIpc) is 3.38. The molecule has 3 aromatic carbocycles. The minimum absolute atomic E-state index is 0.150. The van der Waals surface area contributed by atoms with Gasteiger partial charge in [-0.3, -0.25) is 14.9 Å². The molecule has 0 spiro atoms. The van der Waals surface area contributed by atoms with Crippen molar-refractivity contribution in [2.24, 2.45) is 0 Å². The Morgan fingerprint density at radius 3 is 2.47 bits per heavy atom.